The van der Waals surface area contributed by atoms with E-state index < -0.39 is 0 Å². The molecule has 0 unspecified atom stereocenters. The Bertz CT molecular complexity index is 411. The zero-order valence-corrected chi connectivity index (χ0v) is 8.70. The van der Waals surface area contributed by atoms with E-state index in [2.05, 4.69) is 31.0 Å². The molecule has 0 aliphatic carbocycles. The van der Waals surface area contributed by atoms with E-state index in [1.165, 1.54) is 6.20 Å². The van der Waals surface area contributed by atoms with Crippen LogP contribution in [0, 0.1) is 0 Å². The van der Waals surface area contributed by atoms with Gasteiger partial charge in [-0.15, -0.1) is 0 Å². The van der Waals surface area contributed by atoms with Gasteiger partial charge in [0.1, 0.15) is 5.15 Å². The first-order valence-electron chi connectivity index (χ1n) is 3.44. The van der Waals surface area contributed by atoms with Crippen molar-refractivity contribution < 1.29 is 0 Å². The lowest BCUT2D eigenvalue weighted by molar-refractivity contribution is 0.838. The molecule has 0 N–H and O–H groups in total. The van der Waals surface area contributed by atoms with Crippen LogP contribution in [0.5, 0.6) is 0 Å². The summed E-state index contributed by atoms with van der Waals surface area (Å²) in [4.78, 5) is 7.94. The van der Waals surface area contributed by atoms with Crippen molar-refractivity contribution in [2.24, 2.45) is 0 Å². The highest BCUT2D eigenvalue weighted by Crippen LogP contribution is 2.10. The standard InChI is InChI=1S/C7H4BrClN4/c8-5-1-12-13(4-5)7-3-10-6(9)2-11-7/h1-4H. The second kappa shape index (κ2) is 3.43. The van der Waals surface area contributed by atoms with Gasteiger partial charge in [0.2, 0.25) is 0 Å². The highest BCUT2D eigenvalue weighted by molar-refractivity contribution is 9.10. The molecule has 0 atom stereocenters. The summed E-state index contributed by atoms with van der Waals surface area (Å²) in [5, 5.41) is 4.41. The molecule has 4 nitrogen and oxygen atoms in total. The lowest BCUT2D eigenvalue weighted by Gasteiger charge is -1.97. The van der Waals surface area contributed by atoms with E-state index in [4.69, 9.17) is 11.6 Å². The lowest BCUT2D eigenvalue weighted by Crippen LogP contribution is -1.97. The van der Waals surface area contributed by atoms with Crippen LogP contribution in [-0.4, -0.2) is 19.7 Å². The largest absolute Gasteiger partial charge is 0.239 e. The summed E-state index contributed by atoms with van der Waals surface area (Å²) in [6, 6.07) is 0. The van der Waals surface area contributed by atoms with E-state index in [0.717, 1.165) is 4.47 Å². The summed E-state index contributed by atoms with van der Waals surface area (Å²) in [7, 11) is 0. The average molecular weight is 259 g/mol. The van der Waals surface area contributed by atoms with Gasteiger partial charge in [-0.2, -0.15) is 5.10 Å². The SMILES string of the molecule is Clc1cnc(-n2cc(Br)cn2)cn1. The Kier molecular flexibility index (Phi) is 2.28. The molecule has 66 valence electrons. The number of halogens is 2. The summed E-state index contributed by atoms with van der Waals surface area (Å²) in [5.41, 5.74) is 0. The maximum absolute atomic E-state index is 5.59. The van der Waals surface area contributed by atoms with E-state index >= 15 is 0 Å². The zero-order chi connectivity index (χ0) is 9.26. The van der Waals surface area contributed by atoms with Crippen LogP contribution in [0.3, 0.4) is 0 Å². The van der Waals surface area contributed by atoms with Crippen LogP contribution < -0.4 is 0 Å². The third-order valence-corrected chi connectivity index (χ3v) is 2.00. The quantitative estimate of drug-likeness (QED) is 0.787. The fourth-order valence-electron chi connectivity index (χ4n) is 0.850. The molecule has 2 aromatic heterocycles. The normalized spacial score (nSPS) is 10.3. The van der Waals surface area contributed by atoms with Crippen molar-refractivity contribution in [2.45, 2.75) is 0 Å². The molecule has 6 heteroatoms. The Labute approximate surface area is 87.7 Å². The Hall–Kier alpha value is -0.940. The second-order valence-corrected chi connectivity index (χ2v) is 3.60. The zero-order valence-electron chi connectivity index (χ0n) is 6.35. The third kappa shape index (κ3) is 1.87. The Morgan fingerprint density at radius 1 is 1.23 bits per heavy atom. The van der Waals surface area contributed by atoms with Gasteiger partial charge in [0.15, 0.2) is 5.82 Å². The van der Waals surface area contributed by atoms with Gasteiger partial charge < -0.3 is 0 Å². The first-order valence-corrected chi connectivity index (χ1v) is 4.61. The summed E-state index contributed by atoms with van der Waals surface area (Å²) < 4.78 is 2.50. The summed E-state index contributed by atoms with van der Waals surface area (Å²) >= 11 is 8.88. The molecular weight excluding hydrogens is 255 g/mol. The molecule has 0 aliphatic rings. The van der Waals surface area contributed by atoms with Crippen molar-refractivity contribution in [1.82, 2.24) is 19.7 Å². The Morgan fingerprint density at radius 2 is 2.08 bits per heavy atom. The number of hydrogen-bond acceptors (Lipinski definition) is 3. The first-order chi connectivity index (χ1) is 6.25. The van der Waals surface area contributed by atoms with Crippen molar-refractivity contribution in [1.29, 1.82) is 0 Å². The minimum Gasteiger partial charge on any atom is -0.239 e. The number of aromatic nitrogens is 4. The van der Waals surface area contributed by atoms with Gasteiger partial charge in [0.25, 0.3) is 0 Å². The van der Waals surface area contributed by atoms with E-state index in [0.29, 0.717) is 11.0 Å². The molecule has 0 aliphatic heterocycles. The van der Waals surface area contributed by atoms with Gasteiger partial charge in [-0.25, -0.2) is 14.6 Å². The van der Waals surface area contributed by atoms with Crippen LogP contribution in [0.15, 0.2) is 29.3 Å². The van der Waals surface area contributed by atoms with Crippen LogP contribution in [-0.2, 0) is 0 Å². The molecule has 2 rings (SSSR count). The van der Waals surface area contributed by atoms with Crippen molar-refractivity contribution in [3.63, 3.8) is 0 Å². The van der Waals surface area contributed by atoms with E-state index in [-0.39, 0.29) is 0 Å². The van der Waals surface area contributed by atoms with Crippen LogP contribution in [0.1, 0.15) is 0 Å². The van der Waals surface area contributed by atoms with Gasteiger partial charge in [0, 0.05) is 6.20 Å². The van der Waals surface area contributed by atoms with Gasteiger partial charge in [-0.05, 0) is 15.9 Å². The van der Waals surface area contributed by atoms with Crippen LogP contribution in [0.25, 0.3) is 5.82 Å². The van der Waals surface area contributed by atoms with Crippen LogP contribution in [0.2, 0.25) is 5.15 Å². The maximum Gasteiger partial charge on any atom is 0.171 e. The molecule has 0 bridgehead atoms. The topological polar surface area (TPSA) is 43.6 Å². The molecule has 13 heavy (non-hydrogen) atoms. The van der Waals surface area contributed by atoms with Crippen LogP contribution in [0.4, 0.5) is 0 Å². The van der Waals surface area contributed by atoms with Crippen molar-refractivity contribution >= 4 is 27.5 Å². The second-order valence-electron chi connectivity index (χ2n) is 2.30. The van der Waals surface area contributed by atoms with Gasteiger partial charge >= 0.3 is 0 Å². The Morgan fingerprint density at radius 3 is 2.62 bits per heavy atom. The third-order valence-electron chi connectivity index (χ3n) is 1.39. The van der Waals surface area contributed by atoms with Gasteiger partial charge in [0.05, 0.1) is 23.1 Å². The van der Waals surface area contributed by atoms with Crippen molar-refractivity contribution in [3.8, 4) is 5.82 Å². The molecule has 2 aromatic rings. The van der Waals surface area contributed by atoms with Crippen molar-refractivity contribution in [3.05, 3.63) is 34.4 Å². The molecule has 2 heterocycles. The monoisotopic (exact) mass is 258 g/mol. The lowest BCUT2D eigenvalue weighted by atomic mass is 10.6. The number of hydrogen-bond donors (Lipinski definition) is 0. The maximum atomic E-state index is 5.59. The van der Waals surface area contributed by atoms with Crippen LogP contribution >= 0.6 is 27.5 Å². The Balaban J connectivity index is 2.41. The number of rotatable bonds is 1. The molecule has 0 saturated carbocycles. The smallest absolute Gasteiger partial charge is 0.171 e. The highest BCUT2D eigenvalue weighted by Gasteiger charge is 1.99. The van der Waals surface area contributed by atoms with E-state index in [9.17, 15) is 0 Å². The van der Waals surface area contributed by atoms with E-state index in [1.54, 1.807) is 23.3 Å². The molecule has 0 saturated heterocycles. The molecule has 0 aromatic carbocycles. The fraction of sp³-hybridized carbons (Fsp3) is 0. The summed E-state index contributed by atoms with van der Waals surface area (Å²) in [6.07, 6.45) is 6.50. The minimum atomic E-state index is 0.370. The van der Waals surface area contributed by atoms with E-state index in [1.807, 2.05) is 0 Å². The predicted molar refractivity (Wildman–Crippen MR) is 51.9 cm³/mol. The molecular formula is C7H4BrClN4. The molecule has 0 spiro atoms. The fourth-order valence-corrected chi connectivity index (χ4v) is 1.23. The molecule has 0 fully saturated rings. The summed E-state index contributed by atoms with van der Waals surface area (Å²) in [6.45, 7) is 0. The van der Waals surface area contributed by atoms with Gasteiger partial charge in [-0.1, -0.05) is 11.6 Å². The highest BCUT2D eigenvalue weighted by atomic mass is 79.9. The summed E-state index contributed by atoms with van der Waals surface area (Å²) in [5.74, 6) is 0.634. The van der Waals surface area contributed by atoms with Gasteiger partial charge in [-0.3, -0.25) is 0 Å². The minimum absolute atomic E-state index is 0.370. The average Bonchev–Trinajstić information content (AvgIpc) is 2.53. The number of nitrogens with zero attached hydrogens (tertiary/aromatic N) is 4. The molecule has 0 radical (unpaired) electrons. The first kappa shape index (κ1) is 8.65. The molecule has 0 amide bonds. The van der Waals surface area contributed by atoms with Crippen molar-refractivity contribution in [2.75, 3.05) is 0 Å². The predicted octanol–water partition coefficient (Wildman–Crippen LogP) is 2.08.